The van der Waals surface area contributed by atoms with Crippen molar-refractivity contribution in [3.63, 3.8) is 0 Å². The summed E-state index contributed by atoms with van der Waals surface area (Å²) < 4.78 is 0. The number of fused-ring (bicyclic) bond motifs is 5. The van der Waals surface area contributed by atoms with Gasteiger partial charge in [-0.05, 0) is 17.5 Å². The molecule has 0 spiro atoms. The average molecular weight is 260 g/mol. The molecule has 3 heteroatoms. The minimum Gasteiger partial charge on any atom is -0.366 e. The first-order valence-electron chi connectivity index (χ1n) is 6.47. The Bertz CT molecular complexity index is 982. The molecular formula is C17H12N2O. The lowest BCUT2D eigenvalue weighted by molar-refractivity contribution is 0.100. The van der Waals surface area contributed by atoms with Crippen LogP contribution in [0.15, 0.2) is 54.6 Å². The van der Waals surface area contributed by atoms with Gasteiger partial charge in [-0.1, -0.05) is 42.5 Å². The number of hydrogen-bond acceptors (Lipinski definition) is 1. The molecule has 4 rings (SSSR count). The lowest BCUT2D eigenvalue weighted by Crippen LogP contribution is -2.11. The molecule has 20 heavy (non-hydrogen) atoms. The maximum absolute atomic E-state index is 11.7. The van der Waals surface area contributed by atoms with E-state index in [0.717, 1.165) is 32.6 Å². The molecule has 0 aliphatic rings. The van der Waals surface area contributed by atoms with Crippen LogP contribution >= 0.6 is 0 Å². The van der Waals surface area contributed by atoms with Gasteiger partial charge in [0.05, 0.1) is 5.52 Å². The van der Waals surface area contributed by atoms with Crippen molar-refractivity contribution in [2.75, 3.05) is 0 Å². The molecule has 1 heterocycles. The zero-order valence-corrected chi connectivity index (χ0v) is 10.7. The number of H-pyrrole nitrogens is 1. The summed E-state index contributed by atoms with van der Waals surface area (Å²) in [5.74, 6) is -0.401. The summed E-state index contributed by atoms with van der Waals surface area (Å²) in [6.45, 7) is 0. The first-order valence-corrected chi connectivity index (χ1v) is 6.47. The van der Waals surface area contributed by atoms with Crippen LogP contribution in [0.1, 0.15) is 10.4 Å². The van der Waals surface area contributed by atoms with Gasteiger partial charge in [0.1, 0.15) is 0 Å². The average Bonchev–Trinajstić information content (AvgIpc) is 2.85. The van der Waals surface area contributed by atoms with Gasteiger partial charge in [-0.3, -0.25) is 4.79 Å². The van der Waals surface area contributed by atoms with Crippen molar-refractivity contribution in [3.8, 4) is 0 Å². The number of hydrogen-bond donors (Lipinski definition) is 2. The summed E-state index contributed by atoms with van der Waals surface area (Å²) in [6, 6.07) is 17.9. The van der Waals surface area contributed by atoms with Gasteiger partial charge in [0.25, 0.3) is 0 Å². The van der Waals surface area contributed by atoms with Gasteiger partial charge in [0.15, 0.2) is 0 Å². The molecule has 0 atom stereocenters. The zero-order valence-electron chi connectivity index (χ0n) is 10.7. The van der Waals surface area contributed by atoms with Crippen LogP contribution in [0.3, 0.4) is 0 Å². The number of benzene rings is 3. The van der Waals surface area contributed by atoms with Gasteiger partial charge >= 0.3 is 0 Å². The highest BCUT2D eigenvalue weighted by Gasteiger charge is 2.12. The highest BCUT2D eigenvalue weighted by atomic mass is 16.1. The third-order valence-corrected chi connectivity index (χ3v) is 3.79. The smallest absolute Gasteiger partial charge is 0.249 e. The predicted molar refractivity (Wildman–Crippen MR) is 81.8 cm³/mol. The van der Waals surface area contributed by atoms with E-state index in [1.807, 2.05) is 36.4 Å². The molecule has 3 aromatic carbocycles. The van der Waals surface area contributed by atoms with E-state index in [-0.39, 0.29) is 0 Å². The van der Waals surface area contributed by atoms with Crippen LogP contribution < -0.4 is 5.73 Å². The third kappa shape index (κ3) is 1.37. The van der Waals surface area contributed by atoms with Crippen molar-refractivity contribution in [3.05, 3.63) is 60.2 Å². The van der Waals surface area contributed by atoms with Crippen LogP contribution in [0.5, 0.6) is 0 Å². The molecule has 0 aliphatic heterocycles. The summed E-state index contributed by atoms with van der Waals surface area (Å²) in [5, 5.41) is 4.18. The van der Waals surface area contributed by atoms with E-state index in [2.05, 4.69) is 17.1 Å². The van der Waals surface area contributed by atoms with Crippen molar-refractivity contribution < 1.29 is 4.79 Å². The van der Waals surface area contributed by atoms with E-state index in [9.17, 15) is 4.79 Å². The van der Waals surface area contributed by atoms with E-state index in [1.165, 1.54) is 0 Å². The van der Waals surface area contributed by atoms with E-state index >= 15 is 0 Å². The second kappa shape index (κ2) is 3.84. The second-order valence-electron chi connectivity index (χ2n) is 4.93. The van der Waals surface area contributed by atoms with Crippen molar-refractivity contribution in [1.29, 1.82) is 0 Å². The number of nitrogens with one attached hydrogen (secondary N) is 1. The molecule has 0 saturated carbocycles. The van der Waals surface area contributed by atoms with E-state index in [4.69, 9.17) is 5.73 Å². The number of aromatic nitrogens is 1. The molecule has 0 radical (unpaired) electrons. The van der Waals surface area contributed by atoms with Gasteiger partial charge in [0, 0.05) is 27.2 Å². The molecule has 96 valence electrons. The highest BCUT2D eigenvalue weighted by Crippen LogP contribution is 2.32. The molecule has 4 aromatic rings. The zero-order chi connectivity index (χ0) is 13.7. The summed E-state index contributed by atoms with van der Waals surface area (Å²) in [7, 11) is 0. The van der Waals surface area contributed by atoms with Crippen LogP contribution in [-0.4, -0.2) is 10.9 Å². The minimum absolute atomic E-state index is 0.401. The van der Waals surface area contributed by atoms with Crippen LogP contribution in [-0.2, 0) is 0 Å². The number of amides is 1. The lowest BCUT2D eigenvalue weighted by Gasteiger charge is -2.04. The number of para-hydroxylation sites is 1. The largest absolute Gasteiger partial charge is 0.366 e. The van der Waals surface area contributed by atoms with Crippen molar-refractivity contribution >= 4 is 38.5 Å². The Kier molecular flexibility index (Phi) is 2.12. The highest BCUT2D eigenvalue weighted by molar-refractivity contribution is 6.21. The molecular weight excluding hydrogens is 248 g/mol. The van der Waals surface area contributed by atoms with Gasteiger partial charge in [0.2, 0.25) is 5.91 Å². The molecule has 0 saturated heterocycles. The van der Waals surface area contributed by atoms with Crippen LogP contribution in [0.2, 0.25) is 0 Å². The summed E-state index contributed by atoms with van der Waals surface area (Å²) in [6.07, 6.45) is 0. The standard InChI is InChI=1S/C17H12N2O/c18-17(20)13-6-3-4-10-8-9-12-11-5-1-2-7-14(11)19-16(12)15(10)13/h1-9,19H,(H2,18,20). The molecule has 3 N–H and O–H groups in total. The molecule has 1 aromatic heterocycles. The number of aromatic amines is 1. The van der Waals surface area contributed by atoms with Crippen LogP contribution in [0.25, 0.3) is 32.6 Å². The second-order valence-corrected chi connectivity index (χ2v) is 4.93. The Labute approximate surface area is 115 Å². The van der Waals surface area contributed by atoms with E-state index in [0.29, 0.717) is 5.56 Å². The van der Waals surface area contributed by atoms with E-state index < -0.39 is 5.91 Å². The molecule has 0 aliphatic carbocycles. The summed E-state index contributed by atoms with van der Waals surface area (Å²) in [5.41, 5.74) is 8.10. The Morgan fingerprint density at radius 2 is 1.75 bits per heavy atom. The number of nitrogens with two attached hydrogens (primary N) is 1. The summed E-state index contributed by atoms with van der Waals surface area (Å²) >= 11 is 0. The Morgan fingerprint density at radius 1 is 0.900 bits per heavy atom. The minimum atomic E-state index is -0.401. The lowest BCUT2D eigenvalue weighted by atomic mass is 10.0. The Morgan fingerprint density at radius 3 is 2.60 bits per heavy atom. The maximum atomic E-state index is 11.7. The third-order valence-electron chi connectivity index (χ3n) is 3.79. The molecule has 0 unspecified atom stereocenters. The first-order chi connectivity index (χ1) is 9.75. The first kappa shape index (κ1) is 11.1. The Hall–Kier alpha value is -2.81. The fraction of sp³-hybridized carbons (Fsp3) is 0. The van der Waals surface area contributed by atoms with Gasteiger partial charge in [-0.2, -0.15) is 0 Å². The van der Waals surface area contributed by atoms with Crippen molar-refractivity contribution in [1.82, 2.24) is 4.98 Å². The fourth-order valence-corrected chi connectivity index (χ4v) is 2.90. The quantitative estimate of drug-likeness (QED) is 0.540. The predicted octanol–water partition coefficient (Wildman–Crippen LogP) is 3.57. The molecule has 1 amide bonds. The summed E-state index contributed by atoms with van der Waals surface area (Å²) in [4.78, 5) is 15.1. The SMILES string of the molecule is NC(=O)c1cccc2ccc3c4ccccc4[nH]c3c12. The van der Waals surface area contributed by atoms with Gasteiger partial charge in [-0.15, -0.1) is 0 Å². The normalized spacial score (nSPS) is 11.4. The number of rotatable bonds is 1. The molecule has 0 fully saturated rings. The van der Waals surface area contributed by atoms with Gasteiger partial charge < -0.3 is 10.7 Å². The Balaban J connectivity index is 2.31. The number of carbonyl (C=O) groups excluding carboxylic acids is 1. The monoisotopic (exact) mass is 260 g/mol. The molecule has 3 nitrogen and oxygen atoms in total. The topological polar surface area (TPSA) is 58.9 Å². The maximum Gasteiger partial charge on any atom is 0.249 e. The molecule has 0 bridgehead atoms. The van der Waals surface area contributed by atoms with Gasteiger partial charge in [-0.25, -0.2) is 0 Å². The van der Waals surface area contributed by atoms with Crippen molar-refractivity contribution in [2.45, 2.75) is 0 Å². The van der Waals surface area contributed by atoms with Crippen LogP contribution in [0.4, 0.5) is 0 Å². The fourth-order valence-electron chi connectivity index (χ4n) is 2.90. The van der Waals surface area contributed by atoms with E-state index in [1.54, 1.807) is 6.07 Å². The van der Waals surface area contributed by atoms with Crippen molar-refractivity contribution in [2.24, 2.45) is 5.73 Å². The number of carbonyl (C=O) groups is 1. The van der Waals surface area contributed by atoms with Crippen LogP contribution in [0, 0.1) is 0 Å². The number of primary amides is 1.